The second-order valence-corrected chi connectivity index (χ2v) is 5.42. The third kappa shape index (κ3) is 3.83. The second kappa shape index (κ2) is 7.68. The van der Waals surface area contributed by atoms with E-state index in [1.165, 1.54) is 0 Å². The first-order chi connectivity index (χ1) is 8.22. The van der Waals surface area contributed by atoms with Crippen molar-refractivity contribution in [2.24, 2.45) is 0 Å². The fourth-order valence-corrected chi connectivity index (χ4v) is 2.66. The summed E-state index contributed by atoms with van der Waals surface area (Å²) < 4.78 is 0.880. The van der Waals surface area contributed by atoms with E-state index in [1.807, 2.05) is 18.2 Å². The molecule has 0 bridgehead atoms. The minimum atomic E-state index is 0. The molecule has 0 radical (unpaired) electrons. The summed E-state index contributed by atoms with van der Waals surface area (Å²) in [6.07, 6.45) is 0. The largest absolute Gasteiger partial charge is 0.394 e. The van der Waals surface area contributed by atoms with Crippen molar-refractivity contribution in [3.63, 3.8) is 0 Å². The number of hydrogen-bond donors (Lipinski definition) is 2. The Kier molecular flexibility index (Phi) is 6.92. The second-order valence-electron chi connectivity index (χ2n) is 4.16. The zero-order valence-corrected chi connectivity index (χ0v) is 13.1. The van der Waals surface area contributed by atoms with Crippen LogP contribution in [-0.2, 0) is 0 Å². The highest BCUT2D eigenvalue weighted by Crippen LogP contribution is 2.28. The van der Waals surface area contributed by atoms with Crippen molar-refractivity contribution in [3.05, 3.63) is 33.3 Å². The zero-order valence-electron chi connectivity index (χ0n) is 9.90. The molecule has 1 saturated heterocycles. The number of piperazine rings is 1. The van der Waals surface area contributed by atoms with Crippen LogP contribution in [0.15, 0.2) is 22.7 Å². The molecule has 1 aromatic carbocycles. The van der Waals surface area contributed by atoms with Crippen LogP contribution < -0.4 is 5.32 Å². The van der Waals surface area contributed by atoms with Gasteiger partial charge in [-0.2, -0.15) is 0 Å². The van der Waals surface area contributed by atoms with Gasteiger partial charge >= 0.3 is 0 Å². The third-order valence-electron chi connectivity index (χ3n) is 3.09. The highest BCUT2D eigenvalue weighted by Gasteiger charge is 2.21. The van der Waals surface area contributed by atoms with E-state index in [4.69, 9.17) is 11.6 Å². The minimum Gasteiger partial charge on any atom is -0.394 e. The van der Waals surface area contributed by atoms with Crippen LogP contribution in [0.25, 0.3) is 0 Å². The van der Waals surface area contributed by atoms with Crippen LogP contribution in [0.5, 0.6) is 0 Å². The first-order valence-corrected chi connectivity index (χ1v) is 6.90. The van der Waals surface area contributed by atoms with Crippen LogP contribution in [0, 0.1) is 0 Å². The molecular weight excluding hydrogens is 339 g/mol. The Hall–Kier alpha value is 0.160. The number of aliphatic hydroxyl groups is 1. The monoisotopic (exact) mass is 354 g/mol. The molecule has 0 aliphatic carbocycles. The summed E-state index contributed by atoms with van der Waals surface area (Å²) in [7, 11) is 0. The van der Waals surface area contributed by atoms with Gasteiger partial charge in [0.1, 0.15) is 0 Å². The van der Waals surface area contributed by atoms with Gasteiger partial charge in [0.2, 0.25) is 0 Å². The highest BCUT2D eigenvalue weighted by atomic mass is 79.9. The Morgan fingerprint density at radius 1 is 1.39 bits per heavy atom. The van der Waals surface area contributed by atoms with Gasteiger partial charge in [-0.3, -0.25) is 4.90 Å². The number of nitrogens with zero attached hydrogens (tertiary/aromatic N) is 1. The van der Waals surface area contributed by atoms with Gasteiger partial charge in [-0.15, -0.1) is 12.4 Å². The average Bonchev–Trinajstić information content (AvgIpc) is 2.36. The van der Waals surface area contributed by atoms with E-state index >= 15 is 0 Å². The lowest BCUT2D eigenvalue weighted by molar-refractivity contribution is 0.111. The number of rotatable bonds is 3. The highest BCUT2D eigenvalue weighted by molar-refractivity contribution is 9.10. The topological polar surface area (TPSA) is 35.5 Å². The molecule has 1 atom stereocenters. The molecule has 18 heavy (non-hydrogen) atoms. The molecule has 0 amide bonds. The Labute approximate surface area is 127 Å². The van der Waals surface area contributed by atoms with E-state index in [1.54, 1.807) is 0 Å². The van der Waals surface area contributed by atoms with Gasteiger partial charge in [0.05, 0.1) is 17.7 Å². The van der Waals surface area contributed by atoms with Crippen LogP contribution >= 0.6 is 39.9 Å². The lowest BCUT2D eigenvalue weighted by Gasteiger charge is -2.34. The summed E-state index contributed by atoms with van der Waals surface area (Å²) in [5.74, 6) is 0. The summed E-state index contributed by atoms with van der Waals surface area (Å²) in [5, 5.41) is 13.6. The fraction of sp³-hybridized carbons (Fsp3) is 0.500. The quantitative estimate of drug-likeness (QED) is 0.874. The van der Waals surface area contributed by atoms with Gasteiger partial charge in [0.25, 0.3) is 0 Å². The number of hydrogen-bond acceptors (Lipinski definition) is 3. The molecule has 1 aromatic rings. The van der Waals surface area contributed by atoms with Crippen LogP contribution in [0.3, 0.4) is 0 Å². The summed E-state index contributed by atoms with van der Waals surface area (Å²) >= 11 is 9.40. The van der Waals surface area contributed by atoms with Crippen LogP contribution in [-0.4, -0.2) is 42.8 Å². The molecule has 0 spiro atoms. The van der Waals surface area contributed by atoms with Crippen molar-refractivity contribution in [2.45, 2.75) is 6.04 Å². The normalized spacial score (nSPS) is 18.2. The van der Waals surface area contributed by atoms with E-state index in [-0.39, 0.29) is 25.1 Å². The first kappa shape index (κ1) is 16.2. The van der Waals surface area contributed by atoms with E-state index in [0.717, 1.165) is 36.2 Å². The van der Waals surface area contributed by atoms with Crippen molar-refractivity contribution >= 4 is 39.9 Å². The predicted octanol–water partition coefficient (Wildman–Crippen LogP) is 2.46. The molecule has 3 nitrogen and oxygen atoms in total. The van der Waals surface area contributed by atoms with E-state index in [0.29, 0.717) is 5.02 Å². The Morgan fingerprint density at radius 2 is 2.06 bits per heavy atom. The summed E-state index contributed by atoms with van der Waals surface area (Å²) in [6.45, 7) is 4.02. The maximum Gasteiger partial charge on any atom is 0.0628 e. The molecule has 2 N–H and O–H groups in total. The molecule has 1 fully saturated rings. The van der Waals surface area contributed by atoms with Gasteiger partial charge in [0, 0.05) is 30.7 Å². The summed E-state index contributed by atoms with van der Waals surface area (Å²) in [4.78, 5) is 2.30. The van der Waals surface area contributed by atoms with Crippen molar-refractivity contribution in [1.29, 1.82) is 0 Å². The molecule has 0 saturated carbocycles. The summed E-state index contributed by atoms with van der Waals surface area (Å²) in [6, 6.07) is 5.90. The maximum atomic E-state index is 9.58. The van der Waals surface area contributed by atoms with Crippen molar-refractivity contribution in [1.82, 2.24) is 10.2 Å². The zero-order chi connectivity index (χ0) is 12.3. The standard InChI is InChI=1S/C12H16BrClN2O.ClH/c13-10-7-9(1-2-11(10)14)12(8-17)16-5-3-15-4-6-16;/h1-2,7,12,15,17H,3-6,8H2;1H/t12-;/m1./s1. The molecule has 2 rings (SSSR count). The van der Waals surface area contributed by atoms with Gasteiger partial charge in [-0.1, -0.05) is 17.7 Å². The Bertz CT molecular complexity index is 386. The lowest BCUT2D eigenvalue weighted by Crippen LogP contribution is -2.46. The SMILES string of the molecule is Cl.OC[C@H](c1ccc(Cl)c(Br)c1)N1CCNCC1. The van der Waals surface area contributed by atoms with E-state index in [2.05, 4.69) is 26.1 Å². The molecule has 102 valence electrons. The van der Waals surface area contributed by atoms with Crippen LogP contribution in [0.1, 0.15) is 11.6 Å². The number of nitrogens with one attached hydrogen (secondary N) is 1. The van der Waals surface area contributed by atoms with Gasteiger partial charge in [0.15, 0.2) is 0 Å². The molecule has 0 aromatic heterocycles. The third-order valence-corrected chi connectivity index (χ3v) is 4.31. The molecule has 6 heteroatoms. The van der Waals surface area contributed by atoms with Gasteiger partial charge in [-0.25, -0.2) is 0 Å². The van der Waals surface area contributed by atoms with Crippen molar-refractivity contribution < 1.29 is 5.11 Å². The first-order valence-electron chi connectivity index (χ1n) is 5.73. The molecular formula is C12H17BrCl2N2O. The van der Waals surface area contributed by atoms with Crippen molar-refractivity contribution in [3.8, 4) is 0 Å². The smallest absolute Gasteiger partial charge is 0.0628 e. The average molecular weight is 356 g/mol. The van der Waals surface area contributed by atoms with Gasteiger partial charge < -0.3 is 10.4 Å². The van der Waals surface area contributed by atoms with E-state index < -0.39 is 0 Å². The van der Waals surface area contributed by atoms with Crippen LogP contribution in [0.4, 0.5) is 0 Å². The van der Waals surface area contributed by atoms with Crippen molar-refractivity contribution in [2.75, 3.05) is 32.8 Å². The number of benzene rings is 1. The fourth-order valence-electron chi connectivity index (χ4n) is 2.15. The molecule has 0 unspecified atom stereocenters. The van der Waals surface area contributed by atoms with E-state index in [9.17, 15) is 5.11 Å². The Morgan fingerprint density at radius 3 is 2.61 bits per heavy atom. The number of aliphatic hydroxyl groups excluding tert-OH is 1. The minimum absolute atomic E-state index is 0. The predicted molar refractivity (Wildman–Crippen MR) is 80.7 cm³/mol. The number of halogens is 3. The van der Waals surface area contributed by atoms with Gasteiger partial charge in [-0.05, 0) is 33.6 Å². The summed E-state index contributed by atoms with van der Waals surface area (Å²) in [5.41, 5.74) is 1.10. The molecule has 1 aliphatic rings. The van der Waals surface area contributed by atoms with Crippen LogP contribution in [0.2, 0.25) is 5.02 Å². The Balaban J connectivity index is 0.00000162. The maximum absolute atomic E-state index is 9.58. The lowest BCUT2D eigenvalue weighted by atomic mass is 10.1. The molecule has 1 aliphatic heterocycles. The molecule has 1 heterocycles.